The zero-order chi connectivity index (χ0) is 25.2. The van der Waals surface area contributed by atoms with E-state index in [4.69, 9.17) is 14.7 Å². The fourth-order valence-electron chi connectivity index (χ4n) is 4.15. The monoisotopic (exact) mass is 486 g/mol. The molecule has 4 rings (SSSR count). The van der Waals surface area contributed by atoms with Crippen molar-refractivity contribution in [2.24, 2.45) is 0 Å². The second-order valence-electron chi connectivity index (χ2n) is 9.40. The summed E-state index contributed by atoms with van der Waals surface area (Å²) in [6.07, 6.45) is 0.118. The van der Waals surface area contributed by atoms with Crippen LogP contribution in [0.1, 0.15) is 49.7 Å². The molecular weight excluding hydrogens is 456 g/mol. The maximum Gasteiger partial charge on any atom is 0.407 e. The number of benzene rings is 1. The van der Waals surface area contributed by atoms with Crippen molar-refractivity contribution < 1.29 is 29.1 Å². The van der Waals surface area contributed by atoms with E-state index in [2.05, 4.69) is 15.7 Å². The molecule has 4 amide bonds. The number of alkyl carbamates (subject to hydrolysis) is 1. The summed E-state index contributed by atoms with van der Waals surface area (Å²) >= 11 is 0. The Morgan fingerprint density at radius 3 is 2.63 bits per heavy atom. The summed E-state index contributed by atoms with van der Waals surface area (Å²) in [5.41, 5.74) is 1.72. The molecule has 2 bridgehead atoms. The summed E-state index contributed by atoms with van der Waals surface area (Å²) < 4.78 is 6.92. The fourth-order valence-corrected chi connectivity index (χ4v) is 4.15. The zero-order valence-electron chi connectivity index (χ0n) is 19.9. The minimum atomic E-state index is -1.18. The Labute approximate surface area is 202 Å². The molecule has 0 radical (unpaired) electrons. The Morgan fingerprint density at radius 1 is 1.20 bits per heavy atom. The van der Waals surface area contributed by atoms with Crippen molar-refractivity contribution in [2.75, 3.05) is 19.6 Å². The number of carboxylic acid groups (broad SMARTS) is 1. The number of carbonyl (C=O) groups excluding carboxylic acids is 2. The molecule has 1 fully saturated rings. The fraction of sp³-hybridized carbons (Fsp3) is 0.478. The standard InChI is InChI=1S/C23H30N6O6/c1-23(2,3)35-21(32)24-9-10-27-12-16-18-13-28(17(19(16)26-27)11-25-20(30)31)22(33)29(18)34-14-15-7-5-4-6-8-15/h4-8,12,17-18,25H,9-11,13-14H2,1-3H3,(H,24,32)(H,30,31). The van der Waals surface area contributed by atoms with E-state index in [1.165, 1.54) is 5.06 Å². The van der Waals surface area contributed by atoms with Crippen molar-refractivity contribution in [3.63, 3.8) is 0 Å². The van der Waals surface area contributed by atoms with Crippen LogP contribution >= 0.6 is 0 Å². The average molecular weight is 487 g/mol. The van der Waals surface area contributed by atoms with Gasteiger partial charge in [0, 0.05) is 24.8 Å². The molecule has 12 heteroatoms. The van der Waals surface area contributed by atoms with E-state index in [1.807, 2.05) is 36.5 Å². The lowest BCUT2D eigenvalue weighted by molar-refractivity contribution is -0.141. The molecule has 2 aromatic rings. The molecule has 35 heavy (non-hydrogen) atoms. The number of rotatable bonds is 8. The van der Waals surface area contributed by atoms with Gasteiger partial charge in [0.1, 0.15) is 18.2 Å². The Morgan fingerprint density at radius 2 is 1.94 bits per heavy atom. The summed E-state index contributed by atoms with van der Waals surface area (Å²) in [5.74, 6) is 0. The number of amides is 4. The van der Waals surface area contributed by atoms with Crippen molar-refractivity contribution in [3.05, 3.63) is 53.3 Å². The van der Waals surface area contributed by atoms with E-state index in [0.717, 1.165) is 11.1 Å². The summed E-state index contributed by atoms with van der Waals surface area (Å²) in [7, 11) is 0. The lowest BCUT2D eigenvalue weighted by Gasteiger charge is -2.29. The number of nitrogens with zero attached hydrogens (tertiary/aromatic N) is 4. The minimum absolute atomic E-state index is 0.000487. The van der Waals surface area contributed by atoms with Crippen molar-refractivity contribution in [1.82, 2.24) is 30.4 Å². The van der Waals surface area contributed by atoms with Gasteiger partial charge in [0.15, 0.2) is 0 Å². The first kappa shape index (κ1) is 24.3. The summed E-state index contributed by atoms with van der Waals surface area (Å²) in [6.45, 7) is 6.60. The molecule has 2 aliphatic rings. The number of hydrogen-bond donors (Lipinski definition) is 3. The highest BCUT2D eigenvalue weighted by atomic mass is 16.7. The number of hydrogen-bond acceptors (Lipinski definition) is 6. The SMILES string of the molecule is CC(C)(C)OC(=O)NCCn1cc2c(n1)C(CNC(=O)O)N1CC2N(OCc2ccccc2)C1=O. The third-order valence-electron chi connectivity index (χ3n) is 5.63. The molecule has 2 unspecified atom stereocenters. The second kappa shape index (κ2) is 9.82. The summed E-state index contributed by atoms with van der Waals surface area (Å²) in [4.78, 5) is 43.7. The van der Waals surface area contributed by atoms with Crippen LogP contribution in [0.25, 0.3) is 0 Å². The molecule has 188 valence electrons. The predicted octanol–water partition coefficient (Wildman–Crippen LogP) is 2.64. The highest BCUT2D eigenvalue weighted by Crippen LogP contribution is 2.43. The largest absolute Gasteiger partial charge is 0.465 e. The molecule has 2 atom stereocenters. The number of hydroxylamine groups is 2. The Balaban J connectivity index is 1.49. The van der Waals surface area contributed by atoms with E-state index < -0.39 is 23.8 Å². The number of aromatic nitrogens is 2. The van der Waals surface area contributed by atoms with Crippen LogP contribution in [-0.4, -0.2) is 68.3 Å². The quantitative estimate of drug-likeness (QED) is 0.521. The highest BCUT2D eigenvalue weighted by molar-refractivity contribution is 5.78. The smallest absolute Gasteiger partial charge is 0.407 e. The van der Waals surface area contributed by atoms with Crippen LogP contribution in [0.5, 0.6) is 0 Å². The van der Waals surface area contributed by atoms with Crippen molar-refractivity contribution in [1.29, 1.82) is 0 Å². The minimum Gasteiger partial charge on any atom is -0.465 e. The number of urea groups is 1. The van der Waals surface area contributed by atoms with E-state index >= 15 is 0 Å². The van der Waals surface area contributed by atoms with Gasteiger partial charge in [0.25, 0.3) is 0 Å². The van der Waals surface area contributed by atoms with Crippen LogP contribution < -0.4 is 10.6 Å². The molecule has 1 aromatic heterocycles. The summed E-state index contributed by atoms with van der Waals surface area (Å²) in [6, 6.07) is 8.23. The number of carbonyl (C=O) groups is 3. The molecule has 0 aliphatic carbocycles. The number of fused-ring (bicyclic) bond motifs is 4. The first-order valence-corrected chi connectivity index (χ1v) is 11.4. The van der Waals surface area contributed by atoms with Gasteiger partial charge in [-0.25, -0.2) is 14.4 Å². The van der Waals surface area contributed by atoms with Crippen molar-refractivity contribution >= 4 is 18.2 Å². The van der Waals surface area contributed by atoms with Gasteiger partial charge in [-0.15, -0.1) is 0 Å². The third-order valence-corrected chi connectivity index (χ3v) is 5.63. The van der Waals surface area contributed by atoms with Crippen LogP contribution in [0, 0.1) is 0 Å². The van der Waals surface area contributed by atoms with E-state index in [0.29, 0.717) is 18.8 Å². The van der Waals surface area contributed by atoms with Gasteiger partial charge in [-0.2, -0.15) is 10.2 Å². The van der Waals surface area contributed by atoms with Crippen molar-refractivity contribution in [2.45, 2.75) is 51.6 Å². The average Bonchev–Trinajstić information content (AvgIpc) is 3.32. The second-order valence-corrected chi connectivity index (χ2v) is 9.40. The lowest BCUT2D eigenvalue weighted by Crippen LogP contribution is -2.41. The normalized spacial score (nSPS) is 18.9. The van der Waals surface area contributed by atoms with Gasteiger partial charge in [0.05, 0.1) is 24.8 Å². The molecule has 0 spiro atoms. The first-order chi connectivity index (χ1) is 16.6. The van der Waals surface area contributed by atoms with Gasteiger partial charge >= 0.3 is 18.2 Å². The maximum atomic E-state index is 13.1. The highest BCUT2D eigenvalue weighted by Gasteiger charge is 2.50. The number of nitrogens with one attached hydrogen (secondary N) is 2. The molecular formula is C23H30N6O6. The molecule has 3 N–H and O–H groups in total. The zero-order valence-corrected chi connectivity index (χ0v) is 19.9. The lowest BCUT2D eigenvalue weighted by atomic mass is 9.98. The third kappa shape index (κ3) is 5.65. The number of ether oxygens (including phenoxy) is 1. The van der Waals surface area contributed by atoms with Crippen LogP contribution in [0.2, 0.25) is 0 Å². The molecule has 2 aliphatic heterocycles. The van der Waals surface area contributed by atoms with Crippen molar-refractivity contribution in [3.8, 4) is 0 Å². The topological polar surface area (TPSA) is 138 Å². The van der Waals surface area contributed by atoms with Gasteiger partial charge in [0.2, 0.25) is 0 Å². The van der Waals surface area contributed by atoms with Crippen LogP contribution in [-0.2, 0) is 22.7 Å². The van der Waals surface area contributed by atoms with Gasteiger partial charge in [-0.05, 0) is 26.3 Å². The molecule has 1 saturated heterocycles. The van der Waals surface area contributed by atoms with Gasteiger partial charge < -0.3 is 25.4 Å². The first-order valence-electron chi connectivity index (χ1n) is 11.4. The molecule has 12 nitrogen and oxygen atoms in total. The van der Waals surface area contributed by atoms with E-state index in [-0.39, 0.29) is 31.8 Å². The van der Waals surface area contributed by atoms with Crippen LogP contribution in [0.4, 0.5) is 14.4 Å². The van der Waals surface area contributed by atoms with Crippen LogP contribution in [0.15, 0.2) is 36.5 Å². The predicted molar refractivity (Wildman–Crippen MR) is 123 cm³/mol. The van der Waals surface area contributed by atoms with E-state index in [1.54, 1.807) is 30.4 Å². The summed E-state index contributed by atoms with van der Waals surface area (Å²) in [5, 5.41) is 20.1. The van der Waals surface area contributed by atoms with Gasteiger partial charge in [-0.1, -0.05) is 30.3 Å². The molecule has 0 saturated carbocycles. The molecule has 3 heterocycles. The van der Waals surface area contributed by atoms with Gasteiger partial charge in [-0.3, -0.25) is 9.52 Å². The Kier molecular flexibility index (Phi) is 6.83. The van der Waals surface area contributed by atoms with Crippen LogP contribution in [0.3, 0.4) is 0 Å². The maximum absolute atomic E-state index is 13.1. The Hall–Kier alpha value is -3.80. The van der Waals surface area contributed by atoms with E-state index in [9.17, 15) is 14.4 Å². The Bertz CT molecular complexity index is 1080. The molecule has 1 aromatic carbocycles.